The molecular weight excluding hydrogens is 596 g/mol. The fourth-order valence-electron chi connectivity index (χ4n) is 5.69. The number of sulfone groups is 1. The Balaban J connectivity index is 1.61. The highest BCUT2D eigenvalue weighted by Crippen LogP contribution is 2.38. The van der Waals surface area contributed by atoms with Gasteiger partial charge in [-0.2, -0.15) is 0 Å². The molecule has 0 bridgehead atoms. The number of aryl methyl sites for hydroxylation is 2. The normalized spacial score (nSPS) is 11.5. The van der Waals surface area contributed by atoms with Crippen LogP contribution in [0.1, 0.15) is 40.4 Å². The van der Waals surface area contributed by atoms with E-state index in [1.54, 1.807) is 24.3 Å². The largest absolute Gasteiger partial charge is 0.481 e. The van der Waals surface area contributed by atoms with Gasteiger partial charge >= 0.3 is 5.97 Å². The molecule has 5 rings (SSSR count). The molecule has 0 fully saturated rings. The molecule has 4 aromatic carbocycles. The number of nitrogens with one attached hydrogen (secondary N) is 1. The number of aromatic nitrogens is 1. The van der Waals surface area contributed by atoms with Crippen LogP contribution in [0.25, 0.3) is 10.9 Å². The first-order chi connectivity index (χ1) is 21.3. The SMILES string of the molecule is N=[N+]=NCCc1c(CCS(=O)(=O)c2ccc(CCC(=O)O)cc2)c2cc(Cl)ccc2n1C(c1ccccc1)c1ccccc1. The average Bonchev–Trinajstić information content (AvgIpc) is 3.32. The Labute approximate surface area is 261 Å². The van der Waals surface area contributed by atoms with Gasteiger partial charge in [0.25, 0.3) is 0 Å². The predicted octanol–water partition coefficient (Wildman–Crippen LogP) is 7.06. The van der Waals surface area contributed by atoms with E-state index in [-0.39, 0.29) is 36.1 Å². The number of rotatable bonds is 13. The summed E-state index contributed by atoms with van der Waals surface area (Å²) in [5.74, 6) is -1.04. The van der Waals surface area contributed by atoms with Gasteiger partial charge < -0.3 is 9.67 Å². The Bertz CT molecular complexity index is 1880. The maximum atomic E-state index is 13.6. The van der Waals surface area contributed by atoms with E-state index in [0.717, 1.165) is 38.9 Å². The van der Waals surface area contributed by atoms with Crippen LogP contribution in [-0.4, -0.2) is 36.4 Å². The Morgan fingerprint density at radius 1 is 0.886 bits per heavy atom. The molecule has 0 saturated heterocycles. The smallest absolute Gasteiger partial charge is 0.303 e. The van der Waals surface area contributed by atoms with E-state index in [0.29, 0.717) is 17.9 Å². The van der Waals surface area contributed by atoms with Gasteiger partial charge in [-0.3, -0.25) is 4.79 Å². The molecule has 44 heavy (non-hydrogen) atoms. The summed E-state index contributed by atoms with van der Waals surface area (Å²) in [4.78, 5) is 14.3. The zero-order chi connectivity index (χ0) is 31.1. The molecule has 5 aromatic rings. The first kappa shape index (κ1) is 30.9. The second-order valence-corrected chi connectivity index (χ2v) is 13.0. The number of benzene rings is 4. The van der Waals surface area contributed by atoms with Crippen molar-refractivity contribution >= 4 is 38.3 Å². The molecule has 10 heteroatoms. The van der Waals surface area contributed by atoms with Gasteiger partial charge in [-0.1, -0.05) is 84.4 Å². The number of carbonyl (C=O) groups is 1. The molecule has 0 unspecified atom stereocenters. The van der Waals surface area contributed by atoms with Crippen molar-refractivity contribution in [3.63, 3.8) is 0 Å². The van der Waals surface area contributed by atoms with E-state index in [2.05, 4.69) is 38.9 Å². The third-order valence-electron chi connectivity index (χ3n) is 7.72. The zero-order valence-corrected chi connectivity index (χ0v) is 25.5. The first-order valence-corrected chi connectivity index (χ1v) is 16.3. The van der Waals surface area contributed by atoms with Crippen LogP contribution in [0.2, 0.25) is 5.02 Å². The number of hydrogen-bond acceptors (Lipinski definition) is 5. The lowest BCUT2D eigenvalue weighted by molar-refractivity contribution is -0.136. The van der Waals surface area contributed by atoms with Crippen molar-refractivity contribution in [1.29, 1.82) is 5.53 Å². The lowest BCUT2D eigenvalue weighted by Gasteiger charge is -2.24. The molecule has 0 spiro atoms. The molecule has 1 heterocycles. The van der Waals surface area contributed by atoms with Crippen molar-refractivity contribution in [2.45, 2.75) is 36.6 Å². The molecular formula is C34H32ClN4O4S+. The van der Waals surface area contributed by atoms with Gasteiger partial charge in [0.05, 0.1) is 16.7 Å². The lowest BCUT2D eigenvalue weighted by Crippen LogP contribution is -2.17. The summed E-state index contributed by atoms with van der Waals surface area (Å²) >= 11 is 6.52. The summed E-state index contributed by atoms with van der Waals surface area (Å²) in [5.41, 5.74) is 12.8. The van der Waals surface area contributed by atoms with Gasteiger partial charge in [0.15, 0.2) is 9.84 Å². The summed E-state index contributed by atoms with van der Waals surface area (Å²) in [6, 6.07) is 32.2. The molecule has 0 aliphatic carbocycles. The van der Waals surface area contributed by atoms with Crippen LogP contribution in [0.3, 0.4) is 0 Å². The fraction of sp³-hybridized carbons (Fsp3) is 0.206. The highest BCUT2D eigenvalue weighted by molar-refractivity contribution is 7.91. The van der Waals surface area contributed by atoms with Gasteiger partial charge in [-0.25, -0.2) is 8.42 Å². The van der Waals surface area contributed by atoms with E-state index in [1.807, 2.05) is 54.6 Å². The monoisotopic (exact) mass is 627 g/mol. The molecule has 0 aliphatic rings. The summed E-state index contributed by atoms with van der Waals surface area (Å²) in [6.07, 6.45) is 0.988. The van der Waals surface area contributed by atoms with Gasteiger partial charge in [0.1, 0.15) is 17.2 Å². The molecule has 8 nitrogen and oxygen atoms in total. The van der Waals surface area contributed by atoms with Gasteiger partial charge in [-0.05, 0) is 65.4 Å². The van der Waals surface area contributed by atoms with Crippen LogP contribution in [0.4, 0.5) is 0 Å². The van der Waals surface area contributed by atoms with Gasteiger partial charge in [0.2, 0.25) is 4.91 Å². The van der Waals surface area contributed by atoms with Crippen LogP contribution in [0.15, 0.2) is 113 Å². The number of halogens is 1. The molecule has 1 aromatic heterocycles. The lowest BCUT2D eigenvalue weighted by atomic mass is 9.97. The van der Waals surface area contributed by atoms with Gasteiger partial charge in [-0.15, -0.1) is 0 Å². The zero-order valence-electron chi connectivity index (χ0n) is 23.9. The van der Waals surface area contributed by atoms with Crippen LogP contribution in [0, 0.1) is 5.53 Å². The Kier molecular flexibility index (Phi) is 9.70. The van der Waals surface area contributed by atoms with E-state index >= 15 is 0 Å². The quantitative estimate of drug-likeness (QED) is 0.107. The Morgan fingerprint density at radius 3 is 2.11 bits per heavy atom. The minimum Gasteiger partial charge on any atom is -0.481 e. The number of carboxylic acid groups (broad SMARTS) is 1. The average molecular weight is 628 g/mol. The highest BCUT2D eigenvalue weighted by atomic mass is 35.5. The summed E-state index contributed by atoms with van der Waals surface area (Å²) in [7, 11) is -3.67. The molecule has 224 valence electrons. The van der Waals surface area contributed by atoms with Crippen molar-refractivity contribution in [2.75, 3.05) is 12.3 Å². The maximum absolute atomic E-state index is 13.6. The second-order valence-electron chi connectivity index (χ2n) is 10.5. The molecule has 2 N–H and O–H groups in total. The van der Waals surface area contributed by atoms with Gasteiger partial charge in [0, 0.05) is 34.5 Å². The van der Waals surface area contributed by atoms with E-state index in [4.69, 9.17) is 22.2 Å². The third kappa shape index (κ3) is 6.97. The van der Waals surface area contributed by atoms with Crippen molar-refractivity contribution in [3.05, 3.63) is 136 Å². The number of fused-ring (bicyclic) bond motifs is 1. The minimum absolute atomic E-state index is 0.0196. The van der Waals surface area contributed by atoms with Crippen molar-refractivity contribution < 1.29 is 18.3 Å². The number of carboxylic acids is 1. The molecule has 0 amide bonds. The molecule has 0 radical (unpaired) electrons. The van der Waals surface area contributed by atoms with E-state index < -0.39 is 15.8 Å². The Morgan fingerprint density at radius 2 is 1.52 bits per heavy atom. The summed E-state index contributed by atoms with van der Waals surface area (Å²) in [6.45, 7) is 0.265. The van der Waals surface area contributed by atoms with Crippen LogP contribution < -0.4 is 4.91 Å². The summed E-state index contributed by atoms with van der Waals surface area (Å²) in [5, 5.41) is 14.3. The number of aliphatic carboxylic acids is 1. The maximum Gasteiger partial charge on any atom is 0.303 e. The second kappa shape index (κ2) is 13.8. The molecule has 0 aliphatic heterocycles. The number of nitrogens with zero attached hydrogens (tertiary/aromatic N) is 3. The van der Waals surface area contributed by atoms with E-state index in [9.17, 15) is 13.2 Å². The standard InChI is InChI=1S/C34H31ClN4O4S/c35-27-14-17-31-30(23-27)29(20-22-44(42,43)28-15-11-24(12-16-28)13-18-33(40)41)32(19-21-37-38-36)39(31)34(25-7-3-1-4-8-25)26-9-5-2-6-10-26/h1-12,14-17,23,34,36H,13,18-22H2/p+1. The third-order valence-corrected chi connectivity index (χ3v) is 9.69. The van der Waals surface area contributed by atoms with Crippen molar-refractivity contribution in [2.24, 2.45) is 5.11 Å². The predicted molar refractivity (Wildman–Crippen MR) is 171 cm³/mol. The molecule has 0 atom stereocenters. The topological polar surface area (TPSA) is 127 Å². The van der Waals surface area contributed by atoms with Crippen molar-refractivity contribution in [3.8, 4) is 0 Å². The van der Waals surface area contributed by atoms with Crippen LogP contribution >= 0.6 is 11.6 Å². The van der Waals surface area contributed by atoms with Crippen LogP contribution in [-0.2, 0) is 33.9 Å². The minimum atomic E-state index is -3.67. The van der Waals surface area contributed by atoms with Crippen molar-refractivity contribution in [1.82, 2.24) is 9.48 Å². The van der Waals surface area contributed by atoms with E-state index in [1.165, 1.54) is 0 Å². The number of hydrogen-bond donors (Lipinski definition) is 2. The Hall–Kier alpha value is -4.56. The van der Waals surface area contributed by atoms with Crippen LogP contribution in [0.5, 0.6) is 0 Å². The molecule has 0 saturated carbocycles. The summed E-state index contributed by atoms with van der Waals surface area (Å²) < 4.78 is 29.4. The highest BCUT2D eigenvalue weighted by Gasteiger charge is 2.27. The first-order valence-electron chi connectivity index (χ1n) is 14.3. The fourth-order valence-corrected chi connectivity index (χ4v) is 7.12.